The summed E-state index contributed by atoms with van der Waals surface area (Å²) in [6.07, 6.45) is 5.03. The van der Waals surface area contributed by atoms with Gasteiger partial charge in [0.2, 0.25) is 0 Å². The molecule has 7 heteroatoms. The van der Waals surface area contributed by atoms with Gasteiger partial charge in [-0.2, -0.15) is 0 Å². The molecule has 1 saturated heterocycles. The summed E-state index contributed by atoms with van der Waals surface area (Å²) in [7, 11) is 2.10. The second-order valence-electron chi connectivity index (χ2n) is 8.18. The van der Waals surface area contributed by atoms with Gasteiger partial charge >= 0.3 is 0 Å². The van der Waals surface area contributed by atoms with Crippen LogP contribution >= 0.6 is 11.3 Å². The van der Waals surface area contributed by atoms with Crippen molar-refractivity contribution in [3.05, 3.63) is 64.8 Å². The zero-order valence-electron chi connectivity index (χ0n) is 17.5. The molecule has 4 aromatic rings. The van der Waals surface area contributed by atoms with Crippen LogP contribution in [0.25, 0.3) is 21.1 Å². The number of aliphatic hydroxyl groups is 1. The second-order valence-corrected chi connectivity index (χ2v) is 9.18. The third-order valence-corrected chi connectivity index (χ3v) is 7.29. The maximum absolute atomic E-state index is 12.8. The monoisotopic (exact) mass is 434 g/mol. The third kappa shape index (κ3) is 3.73. The number of pyridine rings is 1. The van der Waals surface area contributed by atoms with Crippen LogP contribution in [-0.4, -0.2) is 51.7 Å². The Balaban J connectivity index is 1.42. The molecular formula is C24H26N4O2S. The van der Waals surface area contributed by atoms with Crippen LogP contribution in [0.2, 0.25) is 0 Å². The first-order chi connectivity index (χ1) is 15.2. The van der Waals surface area contributed by atoms with Gasteiger partial charge in [-0.15, -0.1) is 11.3 Å². The number of nitrogens with zero attached hydrogens (tertiary/aromatic N) is 3. The summed E-state index contributed by atoms with van der Waals surface area (Å²) in [4.78, 5) is 21.4. The molecule has 0 radical (unpaired) electrons. The summed E-state index contributed by atoms with van der Waals surface area (Å²) in [6, 6.07) is 12.5. The quantitative estimate of drug-likeness (QED) is 0.487. The van der Waals surface area contributed by atoms with E-state index in [1.54, 1.807) is 6.20 Å². The first-order valence-electron chi connectivity index (χ1n) is 10.7. The minimum absolute atomic E-state index is 0.0630. The number of aliphatic hydroxyl groups excluding tert-OH is 1. The number of benzene rings is 1. The predicted molar refractivity (Wildman–Crippen MR) is 125 cm³/mol. The highest BCUT2D eigenvalue weighted by Gasteiger charge is 2.31. The molecule has 0 unspecified atom stereocenters. The Morgan fingerprint density at radius 1 is 1.26 bits per heavy atom. The van der Waals surface area contributed by atoms with E-state index in [1.807, 2.05) is 6.07 Å². The fraction of sp³-hybridized carbons (Fsp3) is 0.333. The summed E-state index contributed by atoms with van der Waals surface area (Å²) in [5, 5.41) is 14.3. The number of thiophene rings is 1. The van der Waals surface area contributed by atoms with Gasteiger partial charge in [0, 0.05) is 61.3 Å². The molecule has 0 bridgehead atoms. The van der Waals surface area contributed by atoms with Crippen molar-refractivity contribution in [2.75, 3.05) is 26.2 Å². The van der Waals surface area contributed by atoms with Crippen LogP contribution in [0.1, 0.15) is 33.1 Å². The van der Waals surface area contributed by atoms with Gasteiger partial charge in [-0.05, 0) is 36.2 Å². The van der Waals surface area contributed by atoms with Gasteiger partial charge in [0.15, 0.2) is 0 Å². The average molecular weight is 435 g/mol. The van der Waals surface area contributed by atoms with Crippen molar-refractivity contribution in [2.24, 2.45) is 7.05 Å². The lowest BCUT2D eigenvalue weighted by Gasteiger charge is -2.16. The molecule has 5 rings (SSSR count). The number of rotatable bonds is 6. The molecule has 1 fully saturated rings. The Bertz CT molecular complexity index is 1250. The highest BCUT2D eigenvalue weighted by atomic mass is 32.1. The number of amides is 1. The highest BCUT2D eigenvalue weighted by Crippen LogP contribution is 2.40. The Kier molecular flexibility index (Phi) is 5.48. The Labute approximate surface area is 185 Å². The number of carbonyl (C=O) groups is 1. The SMILES string of the molecule is Cn1cc(CN2CC[C@H](c3c(C(=O)NCCO)sc4ncccc34)C2)c2ccccc21. The summed E-state index contributed by atoms with van der Waals surface area (Å²) < 4.78 is 2.19. The van der Waals surface area contributed by atoms with E-state index in [-0.39, 0.29) is 19.1 Å². The number of nitrogens with one attached hydrogen (secondary N) is 1. The molecule has 0 spiro atoms. The number of para-hydroxylation sites is 1. The van der Waals surface area contributed by atoms with Gasteiger partial charge in [-0.1, -0.05) is 24.3 Å². The van der Waals surface area contributed by atoms with Gasteiger partial charge in [-0.25, -0.2) is 4.98 Å². The molecule has 160 valence electrons. The number of likely N-dealkylation sites (tertiary alicyclic amines) is 1. The van der Waals surface area contributed by atoms with E-state index in [9.17, 15) is 4.79 Å². The van der Waals surface area contributed by atoms with Crippen LogP contribution in [-0.2, 0) is 13.6 Å². The number of carbonyl (C=O) groups excluding carboxylic acids is 1. The lowest BCUT2D eigenvalue weighted by molar-refractivity contribution is 0.0947. The summed E-state index contributed by atoms with van der Waals surface area (Å²) in [5.41, 5.74) is 3.71. The molecule has 2 N–H and O–H groups in total. The highest BCUT2D eigenvalue weighted by molar-refractivity contribution is 7.20. The Morgan fingerprint density at radius 3 is 2.97 bits per heavy atom. The summed E-state index contributed by atoms with van der Waals surface area (Å²) >= 11 is 1.45. The van der Waals surface area contributed by atoms with E-state index in [0.29, 0.717) is 5.92 Å². The molecule has 1 atom stereocenters. The minimum atomic E-state index is -0.112. The molecular weight excluding hydrogens is 408 g/mol. The van der Waals surface area contributed by atoms with Gasteiger partial charge in [0.25, 0.3) is 5.91 Å². The molecule has 1 aliphatic heterocycles. The lowest BCUT2D eigenvalue weighted by Crippen LogP contribution is -2.27. The molecule has 0 saturated carbocycles. The Morgan fingerprint density at radius 2 is 2.10 bits per heavy atom. The standard InChI is InChI=1S/C24H26N4O2S/c1-27-13-17(18-5-2-3-7-20(18)27)15-28-11-8-16(14-28)21-19-6-4-9-26-24(19)31-22(21)23(30)25-10-12-29/h2-7,9,13,16,29H,8,10-12,14-15H2,1H3,(H,25,30)/t16-/m0/s1. The van der Waals surface area contributed by atoms with Crippen molar-refractivity contribution in [1.29, 1.82) is 0 Å². The summed E-state index contributed by atoms with van der Waals surface area (Å²) in [6.45, 7) is 3.03. The first kappa shape index (κ1) is 20.2. The van der Waals surface area contributed by atoms with Crippen molar-refractivity contribution < 1.29 is 9.90 Å². The van der Waals surface area contributed by atoms with E-state index < -0.39 is 0 Å². The van der Waals surface area contributed by atoms with Crippen LogP contribution in [0.5, 0.6) is 0 Å². The van der Waals surface area contributed by atoms with Gasteiger partial charge < -0.3 is 15.0 Å². The zero-order valence-corrected chi connectivity index (χ0v) is 18.4. The zero-order chi connectivity index (χ0) is 21.4. The molecule has 6 nitrogen and oxygen atoms in total. The number of aryl methyl sites for hydroxylation is 1. The molecule has 3 aromatic heterocycles. The first-order valence-corrected chi connectivity index (χ1v) is 11.5. The van der Waals surface area contributed by atoms with Crippen molar-refractivity contribution in [2.45, 2.75) is 18.9 Å². The van der Waals surface area contributed by atoms with E-state index in [2.05, 4.69) is 63.3 Å². The van der Waals surface area contributed by atoms with Gasteiger partial charge in [0.05, 0.1) is 11.5 Å². The molecule has 1 aromatic carbocycles. The number of hydrogen-bond acceptors (Lipinski definition) is 5. The minimum Gasteiger partial charge on any atom is -0.395 e. The van der Waals surface area contributed by atoms with Crippen molar-refractivity contribution in [3.8, 4) is 0 Å². The smallest absolute Gasteiger partial charge is 0.261 e. The fourth-order valence-electron chi connectivity index (χ4n) is 4.78. The van der Waals surface area contributed by atoms with Crippen LogP contribution in [0.3, 0.4) is 0 Å². The van der Waals surface area contributed by atoms with Crippen molar-refractivity contribution in [1.82, 2.24) is 19.8 Å². The van der Waals surface area contributed by atoms with Gasteiger partial charge in [-0.3, -0.25) is 9.69 Å². The summed E-state index contributed by atoms with van der Waals surface area (Å²) in [5.74, 6) is 0.183. The topological polar surface area (TPSA) is 70.4 Å². The maximum Gasteiger partial charge on any atom is 0.261 e. The second kappa shape index (κ2) is 8.42. The number of aromatic nitrogens is 2. The third-order valence-electron chi connectivity index (χ3n) is 6.16. The van der Waals surface area contributed by atoms with Crippen molar-refractivity contribution in [3.63, 3.8) is 0 Å². The van der Waals surface area contributed by atoms with E-state index in [0.717, 1.165) is 46.7 Å². The van der Waals surface area contributed by atoms with Crippen LogP contribution in [0, 0.1) is 0 Å². The largest absolute Gasteiger partial charge is 0.395 e. The average Bonchev–Trinajstić information content (AvgIpc) is 3.48. The van der Waals surface area contributed by atoms with Crippen molar-refractivity contribution >= 4 is 38.4 Å². The fourth-order valence-corrected chi connectivity index (χ4v) is 5.93. The number of fused-ring (bicyclic) bond motifs is 2. The predicted octanol–water partition coefficient (Wildman–Crippen LogP) is 3.50. The van der Waals surface area contributed by atoms with Crippen LogP contribution < -0.4 is 5.32 Å². The molecule has 0 aliphatic carbocycles. The van der Waals surface area contributed by atoms with Crippen LogP contribution in [0.15, 0.2) is 48.8 Å². The molecule has 1 amide bonds. The normalized spacial score (nSPS) is 17.0. The lowest BCUT2D eigenvalue weighted by atomic mass is 9.95. The van der Waals surface area contributed by atoms with E-state index >= 15 is 0 Å². The molecule has 4 heterocycles. The van der Waals surface area contributed by atoms with E-state index in [1.165, 1.54) is 27.8 Å². The Hall–Kier alpha value is -2.74. The van der Waals surface area contributed by atoms with Gasteiger partial charge in [0.1, 0.15) is 4.83 Å². The number of hydrogen-bond donors (Lipinski definition) is 2. The molecule has 31 heavy (non-hydrogen) atoms. The maximum atomic E-state index is 12.8. The molecule has 1 aliphatic rings. The van der Waals surface area contributed by atoms with Crippen LogP contribution in [0.4, 0.5) is 0 Å². The van der Waals surface area contributed by atoms with E-state index in [4.69, 9.17) is 5.11 Å².